The van der Waals surface area contributed by atoms with Gasteiger partial charge in [-0.25, -0.2) is 19.9 Å². The molecule has 0 aliphatic rings. The summed E-state index contributed by atoms with van der Waals surface area (Å²) in [5.74, 6) is 2.64. The monoisotopic (exact) mass is 1810 g/mol. The van der Waals surface area contributed by atoms with Crippen LogP contribution < -0.4 is 42.5 Å². The number of nitrogens with one attached hydrogen (secondary N) is 8. The number of carbonyl (C=O) groups excluding carboxylic acids is 4. The van der Waals surface area contributed by atoms with Gasteiger partial charge in [0, 0.05) is 146 Å². The lowest BCUT2D eigenvalue weighted by Gasteiger charge is -2.21. The Labute approximate surface area is 798 Å². The molecule has 0 aliphatic heterocycles. The van der Waals surface area contributed by atoms with E-state index in [0.717, 1.165) is 89.5 Å². The quantitative estimate of drug-likeness (QED) is 0.0194. The molecule has 16 aromatic rings. The summed E-state index contributed by atoms with van der Waals surface area (Å²) in [6, 6.07) is 86.6. The maximum absolute atomic E-state index is 13.3. The molecule has 0 unspecified atom stereocenters. The fourth-order valence-corrected chi connectivity index (χ4v) is 16.0. The predicted molar refractivity (Wildman–Crippen MR) is 546 cm³/mol. The van der Waals surface area contributed by atoms with Gasteiger partial charge in [-0.15, -0.1) is 0 Å². The fraction of sp³-hybridized carbons (Fsp3) is 0.250. The van der Waals surface area contributed by atoms with E-state index in [9.17, 15) is 19.2 Å². The summed E-state index contributed by atoms with van der Waals surface area (Å²) in [5.41, 5.74) is 24.9. The molecule has 8 aromatic heterocycles. The number of hydrogen-bond donors (Lipinski definition) is 8. The highest BCUT2D eigenvalue weighted by Gasteiger charge is 2.28. The lowest BCUT2D eigenvalue weighted by Crippen LogP contribution is -2.35. The van der Waals surface area contributed by atoms with E-state index in [-0.39, 0.29) is 47.3 Å². The van der Waals surface area contributed by atoms with Crippen LogP contribution in [-0.2, 0) is 47.4 Å². The summed E-state index contributed by atoms with van der Waals surface area (Å²) in [4.78, 5) is 71.9. The lowest BCUT2D eigenvalue weighted by atomic mass is 9.98. The number of benzene rings is 8. The van der Waals surface area contributed by atoms with Crippen LogP contribution in [0.3, 0.4) is 0 Å². The first kappa shape index (κ1) is 98.4. The minimum Gasteiger partial charge on any atom is -0.309 e. The highest BCUT2D eigenvalue weighted by Crippen LogP contribution is 2.32. The smallest absolute Gasteiger partial charge is 0.247 e. The van der Waals surface area contributed by atoms with Gasteiger partial charge in [-0.1, -0.05) is 268 Å². The summed E-state index contributed by atoms with van der Waals surface area (Å²) < 4.78 is 7.05. The van der Waals surface area contributed by atoms with Gasteiger partial charge in [0.1, 0.15) is 47.4 Å². The van der Waals surface area contributed by atoms with Gasteiger partial charge in [-0.05, 0) is 172 Å². The Bertz CT molecular complexity index is 5790. The van der Waals surface area contributed by atoms with Crippen LogP contribution in [0, 0.1) is 55.4 Å². The zero-order valence-electron chi connectivity index (χ0n) is 80.5. The van der Waals surface area contributed by atoms with Crippen LogP contribution in [0.4, 0.5) is 23.3 Å². The Morgan fingerprint density at radius 2 is 0.426 bits per heavy atom. The van der Waals surface area contributed by atoms with Crippen LogP contribution in [0.2, 0.25) is 0 Å². The van der Waals surface area contributed by atoms with E-state index in [0.29, 0.717) is 49.5 Å². The first-order valence-electron chi connectivity index (χ1n) is 46.1. The Hall–Kier alpha value is -15.1. The SMILES string of the molecule is Cc1ccc([C@@H](C)CN[C@@H](C(=O)Nc2ccc(-c3cnn(C)c3)c(C)n2)c2ccccc2)cc1.Cc1ccc([C@@H](C)CN[C@H](C(=O)Nc2ccc(-c3cnn(C)c3)c(C)n2)c2ccccc2)cc1.Cc1ccc([C@H](C)CN[C@@H](C(=O)Nc2ccc(-c3cnn(C)c3)c(C)n2)c2ccccc2)cc1.Cc1ccc([C@H](C)CN[C@H](C(=O)Nc2ccc(-c3cnn(C)c3)c(C)n2)c2ccccc2)cc1. The van der Waals surface area contributed by atoms with Crippen LogP contribution in [0.15, 0.2) is 316 Å². The number of amides is 4. The largest absolute Gasteiger partial charge is 0.309 e. The molecule has 0 bridgehead atoms. The topological polar surface area (TPSA) is 287 Å². The molecule has 8 N–H and O–H groups in total. The number of anilines is 4. The van der Waals surface area contributed by atoms with Crippen molar-refractivity contribution in [2.75, 3.05) is 47.4 Å². The number of aromatic nitrogens is 12. The summed E-state index contributed by atoms with van der Waals surface area (Å²) in [6.07, 6.45) is 15.1. The Balaban J connectivity index is 0.000000153. The van der Waals surface area contributed by atoms with Gasteiger partial charge >= 0.3 is 0 Å². The van der Waals surface area contributed by atoms with Crippen molar-refractivity contribution in [2.45, 2.75) is 131 Å². The van der Waals surface area contributed by atoms with Crippen molar-refractivity contribution in [3.05, 3.63) is 406 Å². The van der Waals surface area contributed by atoms with Crippen molar-refractivity contribution in [1.29, 1.82) is 0 Å². The first-order valence-corrected chi connectivity index (χ1v) is 46.1. The van der Waals surface area contributed by atoms with Crippen molar-refractivity contribution in [3.63, 3.8) is 0 Å². The van der Waals surface area contributed by atoms with Gasteiger partial charge in [0.15, 0.2) is 0 Å². The summed E-state index contributed by atoms with van der Waals surface area (Å²) in [7, 11) is 7.54. The molecule has 24 heteroatoms. The molecule has 24 nitrogen and oxygen atoms in total. The van der Waals surface area contributed by atoms with E-state index in [2.05, 4.69) is 235 Å². The molecular formula is C112H124N20O4. The van der Waals surface area contributed by atoms with Gasteiger partial charge in [0.25, 0.3) is 0 Å². The van der Waals surface area contributed by atoms with Crippen molar-refractivity contribution in [2.24, 2.45) is 28.2 Å². The average Bonchev–Trinajstić information content (AvgIpc) is 1.68. The second kappa shape index (κ2) is 47.5. The third-order valence-corrected chi connectivity index (χ3v) is 24.1. The van der Waals surface area contributed by atoms with E-state index >= 15 is 0 Å². The number of carbonyl (C=O) groups is 4. The number of rotatable bonds is 32. The third kappa shape index (κ3) is 27.6. The maximum Gasteiger partial charge on any atom is 0.247 e. The third-order valence-electron chi connectivity index (χ3n) is 24.1. The Kier molecular flexibility index (Phi) is 34.4. The number of nitrogens with zero attached hydrogens (tertiary/aromatic N) is 12. The van der Waals surface area contributed by atoms with Crippen LogP contribution >= 0.6 is 0 Å². The van der Waals surface area contributed by atoms with Gasteiger partial charge in [0.2, 0.25) is 23.6 Å². The summed E-state index contributed by atoms with van der Waals surface area (Å²) >= 11 is 0. The lowest BCUT2D eigenvalue weighted by molar-refractivity contribution is -0.119. The molecule has 8 atom stereocenters. The standard InChI is InChI=1S/4C28H31N5O/c4*1-19-10-12-22(13-11-19)20(2)16-29-27(23-8-6-5-7-9-23)28(34)32-26-15-14-25(21(3)31-26)24-17-30-33(4)18-24/h4*5-15,17-18,20,27,29H,16H2,1-4H3,(H,31,32,34)/t2*20-,27+;2*20-,27-/m1010/s1. The van der Waals surface area contributed by atoms with E-state index in [1.54, 1.807) is 18.7 Å². The second-order valence-electron chi connectivity index (χ2n) is 35.1. The van der Waals surface area contributed by atoms with Crippen LogP contribution in [-0.4, -0.2) is 109 Å². The minimum absolute atomic E-state index is 0.136. The van der Waals surface area contributed by atoms with Crippen LogP contribution in [0.1, 0.15) is 165 Å². The van der Waals surface area contributed by atoms with E-state index < -0.39 is 24.2 Å². The average molecular weight is 1810 g/mol. The molecule has 0 spiro atoms. The van der Waals surface area contributed by atoms with E-state index in [1.807, 2.05) is 275 Å². The van der Waals surface area contributed by atoms with E-state index in [4.69, 9.17) is 0 Å². The molecule has 0 radical (unpaired) electrons. The van der Waals surface area contributed by atoms with Crippen molar-refractivity contribution < 1.29 is 19.2 Å². The van der Waals surface area contributed by atoms with Crippen molar-refractivity contribution >= 4 is 46.9 Å². The predicted octanol–water partition coefficient (Wildman–Crippen LogP) is 20.7. The molecule has 8 aromatic carbocycles. The molecule has 0 fully saturated rings. The minimum atomic E-state index is -0.491. The Morgan fingerprint density at radius 1 is 0.243 bits per heavy atom. The molecular weight excluding hydrogens is 1690 g/mol. The highest BCUT2D eigenvalue weighted by atomic mass is 16.2. The highest BCUT2D eigenvalue weighted by molar-refractivity contribution is 5.97. The fourth-order valence-electron chi connectivity index (χ4n) is 16.0. The molecule has 696 valence electrons. The summed E-state index contributed by atoms with van der Waals surface area (Å²) in [6.45, 7) is 27.4. The van der Waals surface area contributed by atoms with Crippen molar-refractivity contribution in [1.82, 2.24) is 80.3 Å². The number of hydrogen-bond acceptors (Lipinski definition) is 16. The molecule has 8 heterocycles. The zero-order valence-corrected chi connectivity index (χ0v) is 80.5. The molecule has 4 amide bonds. The molecule has 0 saturated heterocycles. The van der Waals surface area contributed by atoms with Gasteiger partial charge in [-0.3, -0.25) is 37.9 Å². The molecule has 0 aliphatic carbocycles. The molecule has 16 rings (SSSR count). The van der Waals surface area contributed by atoms with Gasteiger partial charge < -0.3 is 42.5 Å². The van der Waals surface area contributed by atoms with Crippen LogP contribution in [0.25, 0.3) is 44.5 Å². The number of pyridine rings is 4. The number of aryl methyl sites for hydroxylation is 12. The maximum atomic E-state index is 13.3. The summed E-state index contributed by atoms with van der Waals surface area (Å²) in [5, 5.41) is 42.8. The molecule has 0 saturated carbocycles. The Morgan fingerprint density at radius 3 is 0.588 bits per heavy atom. The van der Waals surface area contributed by atoms with Crippen LogP contribution in [0.5, 0.6) is 0 Å². The first-order chi connectivity index (χ1) is 65.6. The zero-order chi connectivity index (χ0) is 96.3. The van der Waals surface area contributed by atoms with Gasteiger partial charge in [0.05, 0.1) is 24.8 Å². The second-order valence-corrected chi connectivity index (χ2v) is 35.1. The van der Waals surface area contributed by atoms with Gasteiger partial charge in [-0.2, -0.15) is 20.4 Å². The van der Waals surface area contributed by atoms with Crippen molar-refractivity contribution in [3.8, 4) is 44.5 Å². The normalized spacial score (nSPS) is 12.8. The molecule has 136 heavy (non-hydrogen) atoms. The van der Waals surface area contributed by atoms with E-state index in [1.165, 1.54) is 44.5 Å².